The van der Waals surface area contributed by atoms with Gasteiger partial charge in [-0.15, -0.1) is 0 Å². The highest BCUT2D eigenvalue weighted by Crippen LogP contribution is 2.12. The van der Waals surface area contributed by atoms with Crippen LogP contribution in [0.3, 0.4) is 0 Å². The highest BCUT2D eigenvalue weighted by molar-refractivity contribution is 7.88. The number of hydrogen-bond acceptors (Lipinski definition) is 4. The number of carbonyl (C=O) groups excluding carboxylic acids is 1. The van der Waals surface area contributed by atoms with Gasteiger partial charge in [-0.2, -0.15) is 0 Å². The molecular weight excluding hydrogens is 278 g/mol. The molecule has 7 heteroatoms. The zero-order chi connectivity index (χ0) is 15.2. The molecule has 118 valence electrons. The highest BCUT2D eigenvalue weighted by atomic mass is 32.2. The van der Waals surface area contributed by atoms with E-state index in [0.717, 1.165) is 38.6 Å². The molecule has 0 spiro atoms. The lowest BCUT2D eigenvalue weighted by Gasteiger charge is -2.32. The first-order chi connectivity index (χ1) is 9.28. The smallest absolute Gasteiger partial charge is 0.222 e. The first-order valence-corrected chi connectivity index (χ1v) is 9.15. The summed E-state index contributed by atoms with van der Waals surface area (Å²) in [5.74, 6) is 0.121. The molecule has 0 radical (unpaired) electrons. The van der Waals surface area contributed by atoms with Gasteiger partial charge in [0.15, 0.2) is 0 Å². The van der Waals surface area contributed by atoms with Gasteiger partial charge >= 0.3 is 0 Å². The normalized spacial score (nSPS) is 20.4. The Kier molecular flexibility index (Phi) is 6.91. The van der Waals surface area contributed by atoms with Crippen LogP contribution in [-0.4, -0.2) is 57.2 Å². The van der Waals surface area contributed by atoms with Crippen molar-refractivity contribution in [2.24, 2.45) is 0 Å². The number of nitrogens with one attached hydrogen (secondary N) is 2. The number of hydrogen-bond donors (Lipinski definition) is 2. The van der Waals surface area contributed by atoms with E-state index in [1.165, 1.54) is 0 Å². The van der Waals surface area contributed by atoms with Crippen LogP contribution in [0.5, 0.6) is 0 Å². The summed E-state index contributed by atoms with van der Waals surface area (Å²) in [5, 5.41) is 3.28. The molecule has 0 aromatic heterocycles. The fraction of sp³-hybridized carbons (Fsp3) is 0.923. The Bertz CT molecular complexity index is 409. The Morgan fingerprint density at radius 2 is 2.10 bits per heavy atom. The number of nitrogens with zero attached hydrogens (tertiary/aromatic N) is 1. The predicted octanol–water partition coefficient (Wildman–Crippen LogP) is 0.305. The Morgan fingerprint density at radius 3 is 2.70 bits per heavy atom. The molecule has 1 atom stereocenters. The summed E-state index contributed by atoms with van der Waals surface area (Å²) in [6.07, 6.45) is 4.14. The van der Waals surface area contributed by atoms with Crippen molar-refractivity contribution in [2.75, 3.05) is 25.9 Å². The van der Waals surface area contributed by atoms with Gasteiger partial charge in [0.25, 0.3) is 0 Å². The van der Waals surface area contributed by atoms with Gasteiger partial charge in [0, 0.05) is 31.6 Å². The van der Waals surface area contributed by atoms with Crippen molar-refractivity contribution in [2.45, 2.75) is 51.6 Å². The number of rotatable bonds is 7. The van der Waals surface area contributed by atoms with Crippen molar-refractivity contribution < 1.29 is 13.2 Å². The Balaban J connectivity index is 2.33. The minimum absolute atomic E-state index is 0.121. The largest absolute Gasteiger partial charge is 0.341 e. The lowest BCUT2D eigenvalue weighted by Crippen LogP contribution is -2.49. The topological polar surface area (TPSA) is 78.5 Å². The van der Waals surface area contributed by atoms with E-state index >= 15 is 0 Å². The molecule has 1 saturated heterocycles. The number of amides is 1. The van der Waals surface area contributed by atoms with Crippen molar-refractivity contribution in [1.29, 1.82) is 0 Å². The molecule has 2 N–H and O–H groups in total. The Hall–Kier alpha value is -0.660. The zero-order valence-corrected chi connectivity index (χ0v) is 13.5. The predicted molar refractivity (Wildman–Crippen MR) is 80.0 cm³/mol. The second-order valence-electron chi connectivity index (χ2n) is 5.78. The van der Waals surface area contributed by atoms with Gasteiger partial charge in [0.05, 0.1) is 6.26 Å². The number of carbonyl (C=O) groups is 1. The summed E-state index contributed by atoms with van der Waals surface area (Å²) in [4.78, 5) is 13.9. The Labute approximate surface area is 122 Å². The maximum absolute atomic E-state index is 12.1. The molecule has 0 aromatic rings. The number of sulfonamides is 1. The molecule has 0 aliphatic carbocycles. The SMILES string of the molecule is CC(C)NCCCC(=O)N1CCCC(NS(C)(=O)=O)C1. The van der Waals surface area contributed by atoms with Gasteiger partial charge in [-0.3, -0.25) is 4.79 Å². The quantitative estimate of drug-likeness (QED) is 0.663. The molecule has 20 heavy (non-hydrogen) atoms. The van der Waals surface area contributed by atoms with Crippen LogP contribution in [0.1, 0.15) is 39.5 Å². The molecular formula is C13H27N3O3S. The average molecular weight is 305 g/mol. The fourth-order valence-corrected chi connectivity index (χ4v) is 3.19. The maximum atomic E-state index is 12.1. The molecule has 1 aliphatic rings. The summed E-state index contributed by atoms with van der Waals surface area (Å²) in [6, 6.07) is 0.292. The van der Waals surface area contributed by atoms with Crippen molar-refractivity contribution in [1.82, 2.24) is 14.9 Å². The van der Waals surface area contributed by atoms with E-state index in [-0.39, 0.29) is 11.9 Å². The van der Waals surface area contributed by atoms with E-state index in [1.54, 1.807) is 4.90 Å². The summed E-state index contributed by atoms with van der Waals surface area (Å²) in [6.45, 7) is 6.21. The summed E-state index contributed by atoms with van der Waals surface area (Å²) >= 11 is 0. The number of likely N-dealkylation sites (tertiary alicyclic amines) is 1. The monoisotopic (exact) mass is 305 g/mol. The number of piperidine rings is 1. The van der Waals surface area contributed by atoms with E-state index in [9.17, 15) is 13.2 Å². The molecule has 1 unspecified atom stereocenters. The third kappa shape index (κ3) is 7.21. The van der Waals surface area contributed by atoms with Crippen LogP contribution in [0.2, 0.25) is 0 Å². The van der Waals surface area contributed by atoms with Crippen LogP contribution in [-0.2, 0) is 14.8 Å². The lowest BCUT2D eigenvalue weighted by atomic mass is 10.1. The first-order valence-electron chi connectivity index (χ1n) is 7.26. The van der Waals surface area contributed by atoms with Gasteiger partial charge in [-0.05, 0) is 25.8 Å². The van der Waals surface area contributed by atoms with Gasteiger partial charge < -0.3 is 10.2 Å². The third-order valence-electron chi connectivity index (χ3n) is 3.27. The van der Waals surface area contributed by atoms with Crippen LogP contribution in [0.25, 0.3) is 0 Å². The van der Waals surface area contributed by atoms with Crippen molar-refractivity contribution in [3.8, 4) is 0 Å². The minimum atomic E-state index is -3.20. The van der Waals surface area contributed by atoms with Crippen LogP contribution in [0.4, 0.5) is 0 Å². The maximum Gasteiger partial charge on any atom is 0.222 e. The highest BCUT2D eigenvalue weighted by Gasteiger charge is 2.24. The van der Waals surface area contributed by atoms with E-state index in [0.29, 0.717) is 19.0 Å². The van der Waals surface area contributed by atoms with E-state index in [2.05, 4.69) is 23.9 Å². The first kappa shape index (κ1) is 17.4. The lowest BCUT2D eigenvalue weighted by molar-refractivity contribution is -0.132. The standard InChI is InChI=1S/C13H27N3O3S/c1-11(2)14-8-4-7-13(17)16-9-5-6-12(10-16)15-20(3,18)19/h11-12,14-15H,4-10H2,1-3H3. The third-order valence-corrected chi connectivity index (χ3v) is 4.04. The molecule has 0 bridgehead atoms. The summed E-state index contributed by atoms with van der Waals surface area (Å²) < 4.78 is 25.0. The second kappa shape index (κ2) is 7.95. The Morgan fingerprint density at radius 1 is 1.40 bits per heavy atom. The minimum Gasteiger partial charge on any atom is -0.341 e. The molecule has 1 amide bonds. The van der Waals surface area contributed by atoms with Crippen LogP contribution < -0.4 is 10.0 Å². The van der Waals surface area contributed by atoms with Crippen LogP contribution in [0, 0.1) is 0 Å². The van der Waals surface area contributed by atoms with Gasteiger partial charge in [0.1, 0.15) is 0 Å². The molecule has 1 rings (SSSR count). The molecule has 0 saturated carbocycles. The summed E-state index contributed by atoms with van der Waals surface area (Å²) in [5.41, 5.74) is 0. The van der Waals surface area contributed by atoms with Crippen LogP contribution >= 0.6 is 0 Å². The van der Waals surface area contributed by atoms with Gasteiger partial charge in [-0.25, -0.2) is 13.1 Å². The van der Waals surface area contributed by atoms with Gasteiger partial charge in [0.2, 0.25) is 15.9 Å². The fourth-order valence-electron chi connectivity index (χ4n) is 2.39. The molecule has 0 aromatic carbocycles. The van der Waals surface area contributed by atoms with E-state index in [4.69, 9.17) is 0 Å². The second-order valence-corrected chi connectivity index (χ2v) is 7.56. The van der Waals surface area contributed by atoms with Gasteiger partial charge in [-0.1, -0.05) is 13.8 Å². The van der Waals surface area contributed by atoms with Crippen molar-refractivity contribution in [3.05, 3.63) is 0 Å². The summed E-state index contributed by atoms with van der Waals surface area (Å²) in [7, 11) is -3.20. The molecule has 1 fully saturated rings. The van der Waals surface area contributed by atoms with Crippen molar-refractivity contribution >= 4 is 15.9 Å². The van der Waals surface area contributed by atoms with Crippen molar-refractivity contribution in [3.63, 3.8) is 0 Å². The van der Waals surface area contributed by atoms with E-state index in [1.807, 2.05) is 0 Å². The van der Waals surface area contributed by atoms with Crippen LogP contribution in [0.15, 0.2) is 0 Å². The average Bonchev–Trinajstić information content (AvgIpc) is 2.32. The molecule has 1 aliphatic heterocycles. The molecule has 1 heterocycles. The molecule has 6 nitrogen and oxygen atoms in total. The zero-order valence-electron chi connectivity index (χ0n) is 12.7. The van der Waals surface area contributed by atoms with E-state index < -0.39 is 10.0 Å².